The number of piperidine rings is 1. The van der Waals surface area contributed by atoms with Crippen molar-refractivity contribution in [3.05, 3.63) is 0 Å². The molecular weight excluding hydrogens is 252 g/mol. The first kappa shape index (κ1) is 15.6. The van der Waals surface area contributed by atoms with Crippen LogP contribution >= 0.6 is 0 Å². The fourth-order valence-corrected chi connectivity index (χ4v) is 3.71. The average molecular weight is 282 g/mol. The van der Waals surface area contributed by atoms with Crippen LogP contribution in [-0.2, 0) is 0 Å². The Labute approximate surface area is 122 Å². The van der Waals surface area contributed by atoms with E-state index in [0.29, 0.717) is 23.8 Å². The lowest BCUT2D eigenvalue weighted by molar-refractivity contribution is 0.128. The number of aliphatic hydroxyl groups is 1. The fraction of sp³-hybridized carbons (Fsp3) is 0.938. The van der Waals surface area contributed by atoms with E-state index >= 15 is 0 Å². The lowest BCUT2D eigenvalue weighted by Gasteiger charge is -2.37. The van der Waals surface area contributed by atoms with Crippen LogP contribution in [0.2, 0.25) is 0 Å². The van der Waals surface area contributed by atoms with Gasteiger partial charge >= 0.3 is 6.03 Å². The number of carbonyl (C=O) groups excluding carboxylic acids is 1. The zero-order chi connectivity index (χ0) is 14.5. The van der Waals surface area contributed by atoms with Crippen LogP contribution in [0.5, 0.6) is 0 Å². The van der Waals surface area contributed by atoms with Crippen molar-refractivity contribution in [1.29, 1.82) is 0 Å². The van der Waals surface area contributed by atoms with Gasteiger partial charge in [0.15, 0.2) is 0 Å². The summed E-state index contributed by atoms with van der Waals surface area (Å²) in [6, 6.07) is 0.464. The Bertz CT molecular complexity index is 312. The molecule has 20 heavy (non-hydrogen) atoms. The highest BCUT2D eigenvalue weighted by atomic mass is 16.3. The van der Waals surface area contributed by atoms with Crippen LogP contribution < -0.4 is 5.32 Å². The molecule has 2 N–H and O–H groups in total. The fourth-order valence-electron chi connectivity index (χ4n) is 3.71. The molecule has 2 rings (SSSR count). The molecular formula is C16H30N2O2. The lowest BCUT2D eigenvalue weighted by Crippen LogP contribution is -2.51. The van der Waals surface area contributed by atoms with E-state index in [4.69, 9.17) is 5.11 Å². The third kappa shape index (κ3) is 3.87. The Morgan fingerprint density at radius 1 is 1.20 bits per heavy atom. The molecule has 1 saturated carbocycles. The van der Waals surface area contributed by atoms with Gasteiger partial charge in [-0.3, -0.25) is 0 Å². The van der Waals surface area contributed by atoms with Crippen molar-refractivity contribution in [1.82, 2.24) is 10.2 Å². The summed E-state index contributed by atoms with van der Waals surface area (Å²) >= 11 is 0. The summed E-state index contributed by atoms with van der Waals surface area (Å²) in [7, 11) is 0. The molecule has 0 aromatic carbocycles. The van der Waals surface area contributed by atoms with E-state index < -0.39 is 0 Å². The number of hydrogen-bond acceptors (Lipinski definition) is 2. The summed E-state index contributed by atoms with van der Waals surface area (Å²) in [6.45, 7) is 6.36. The first-order chi connectivity index (χ1) is 9.61. The minimum absolute atomic E-state index is 0.110. The number of rotatable bonds is 3. The number of hydrogen-bond donors (Lipinski definition) is 2. The molecule has 0 bridgehead atoms. The van der Waals surface area contributed by atoms with Crippen LogP contribution in [0.25, 0.3) is 0 Å². The van der Waals surface area contributed by atoms with Gasteiger partial charge in [-0.15, -0.1) is 0 Å². The molecule has 4 nitrogen and oxygen atoms in total. The molecule has 1 aliphatic carbocycles. The average Bonchev–Trinajstić information content (AvgIpc) is 2.47. The van der Waals surface area contributed by atoms with Gasteiger partial charge in [-0.05, 0) is 43.4 Å². The molecule has 1 aliphatic heterocycles. The Balaban J connectivity index is 1.84. The third-order valence-electron chi connectivity index (χ3n) is 5.14. The van der Waals surface area contributed by atoms with Crippen LogP contribution in [0.1, 0.15) is 52.4 Å². The molecule has 2 amide bonds. The van der Waals surface area contributed by atoms with Crippen molar-refractivity contribution in [3.8, 4) is 0 Å². The van der Waals surface area contributed by atoms with Gasteiger partial charge in [0, 0.05) is 25.7 Å². The highest BCUT2D eigenvalue weighted by Crippen LogP contribution is 2.30. The van der Waals surface area contributed by atoms with E-state index in [9.17, 15) is 4.79 Å². The highest BCUT2D eigenvalue weighted by molar-refractivity contribution is 5.74. The molecule has 0 radical (unpaired) electrons. The van der Waals surface area contributed by atoms with Crippen molar-refractivity contribution in [2.24, 2.45) is 17.8 Å². The second kappa shape index (κ2) is 7.30. The Kier molecular flexibility index (Phi) is 5.70. The molecule has 1 heterocycles. The maximum absolute atomic E-state index is 12.4. The molecule has 116 valence electrons. The zero-order valence-corrected chi connectivity index (χ0v) is 13.0. The van der Waals surface area contributed by atoms with E-state index in [2.05, 4.69) is 19.2 Å². The van der Waals surface area contributed by atoms with Crippen molar-refractivity contribution >= 4 is 6.03 Å². The van der Waals surface area contributed by atoms with Crippen LogP contribution in [-0.4, -0.2) is 41.8 Å². The molecule has 0 aromatic heterocycles. The summed E-state index contributed by atoms with van der Waals surface area (Å²) in [4.78, 5) is 14.3. The quantitative estimate of drug-likeness (QED) is 0.836. The predicted molar refractivity (Wildman–Crippen MR) is 80.5 cm³/mol. The number of nitrogens with one attached hydrogen (secondary N) is 1. The predicted octanol–water partition coefficient (Wildman–Crippen LogP) is 2.62. The van der Waals surface area contributed by atoms with Crippen molar-refractivity contribution in [2.75, 3.05) is 19.7 Å². The van der Waals surface area contributed by atoms with Gasteiger partial charge in [-0.1, -0.05) is 26.7 Å². The van der Waals surface area contributed by atoms with E-state index in [0.717, 1.165) is 32.4 Å². The second-order valence-electron chi connectivity index (χ2n) is 6.86. The number of likely N-dealkylation sites (tertiary alicyclic amines) is 1. The van der Waals surface area contributed by atoms with E-state index in [1.54, 1.807) is 0 Å². The molecule has 2 fully saturated rings. The molecule has 0 unspecified atom stereocenters. The van der Waals surface area contributed by atoms with Crippen LogP contribution in [0.15, 0.2) is 0 Å². The summed E-state index contributed by atoms with van der Waals surface area (Å²) in [5, 5.41) is 12.4. The second-order valence-corrected chi connectivity index (χ2v) is 6.86. The minimum Gasteiger partial charge on any atom is -0.396 e. The van der Waals surface area contributed by atoms with Gasteiger partial charge in [0.2, 0.25) is 0 Å². The molecule has 0 spiro atoms. The number of nitrogens with zero attached hydrogens (tertiary/aromatic N) is 1. The summed E-state index contributed by atoms with van der Waals surface area (Å²) in [5.41, 5.74) is 0. The Hall–Kier alpha value is -0.770. The van der Waals surface area contributed by atoms with Crippen molar-refractivity contribution < 1.29 is 9.90 Å². The highest BCUT2D eigenvalue weighted by Gasteiger charge is 2.30. The molecule has 2 aliphatic rings. The minimum atomic E-state index is 0.110. The van der Waals surface area contributed by atoms with Crippen LogP contribution in [0, 0.1) is 17.8 Å². The standard InChI is InChI=1S/C16H30N2O2/c1-12(2)14-5-3-4-6-15(14)17-16(20)18-9-7-13(11-19)8-10-18/h12-15,19H,3-11H2,1-2H3,(H,17,20)/t14-,15+/m1/s1. The number of amides is 2. The Morgan fingerprint density at radius 3 is 2.45 bits per heavy atom. The van der Waals surface area contributed by atoms with Gasteiger partial charge in [-0.2, -0.15) is 0 Å². The molecule has 2 atom stereocenters. The monoisotopic (exact) mass is 282 g/mol. The van der Waals surface area contributed by atoms with Gasteiger partial charge in [-0.25, -0.2) is 4.79 Å². The largest absolute Gasteiger partial charge is 0.396 e. The van der Waals surface area contributed by atoms with E-state index in [-0.39, 0.29) is 12.6 Å². The first-order valence-corrected chi connectivity index (χ1v) is 8.28. The summed E-state index contributed by atoms with van der Waals surface area (Å²) in [5.74, 6) is 1.65. The van der Waals surface area contributed by atoms with Crippen molar-refractivity contribution in [2.45, 2.75) is 58.4 Å². The van der Waals surface area contributed by atoms with Gasteiger partial charge in [0.25, 0.3) is 0 Å². The number of aliphatic hydroxyl groups excluding tert-OH is 1. The normalized spacial score (nSPS) is 28.7. The molecule has 0 aromatic rings. The van der Waals surface area contributed by atoms with Crippen LogP contribution in [0.3, 0.4) is 0 Å². The van der Waals surface area contributed by atoms with E-state index in [1.807, 2.05) is 4.90 Å². The van der Waals surface area contributed by atoms with Gasteiger partial charge < -0.3 is 15.3 Å². The maximum Gasteiger partial charge on any atom is 0.317 e. The summed E-state index contributed by atoms with van der Waals surface area (Å²) in [6.07, 6.45) is 6.78. The smallest absolute Gasteiger partial charge is 0.317 e. The Morgan fingerprint density at radius 2 is 1.85 bits per heavy atom. The maximum atomic E-state index is 12.4. The van der Waals surface area contributed by atoms with Gasteiger partial charge in [0.1, 0.15) is 0 Å². The first-order valence-electron chi connectivity index (χ1n) is 8.28. The zero-order valence-electron chi connectivity index (χ0n) is 13.0. The number of urea groups is 1. The summed E-state index contributed by atoms with van der Waals surface area (Å²) < 4.78 is 0. The van der Waals surface area contributed by atoms with Crippen molar-refractivity contribution in [3.63, 3.8) is 0 Å². The van der Waals surface area contributed by atoms with Gasteiger partial charge in [0.05, 0.1) is 0 Å². The SMILES string of the molecule is CC(C)[C@H]1CCCC[C@@H]1NC(=O)N1CCC(CO)CC1. The van der Waals surface area contributed by atoms with E-state index in [1.165, 1.54) is 19.3 Å². The molecule has 1 saturated heterocycles. The lowest BCUT2D eigenvalue weighted by atomic mass is 9.78. The topological polar surface area (TPSA) is 52.6 Å². The molecule has 4 heteroatoms. The van der Waals surface area contributed by atoms with Crippen LogP contribution in [0.4, 0.5) is 4.79 Å². The third-order valence-corrected chi connectivity index (χ3v) is 5.14. The number of carbonyl (C=O) groups is 1.